The number of esters is 1. The third-order valence-electron chi connectivity index (χ3n) is 5.06. The molecular weight excluding hydrogens is 484 g/mol. The molecule has 0 N–H and O–H groups in total. The summed E-state index contributed by atoms with van der Waals surface area (Å²) in [5.41, 5.74) is 1.38. The predicted octanol–water partition coefficient (Wildman–Crippen LogP) is 4.05. The van der Waals surface area contributed by atoms with E-state index in [0.717, 1.165) is 22.2 Å². The summed E-state index contributed by atoms with van der Waals surface area (Å²) in [6.45, 7) is 1.94. The lowest BCUT2D eigenvalue weighted by atomic mass is 10.2. The van der Waals surface area contributed by atoms with Crippen molar-refractivity contribution >= 4 is 75.4 Å². The standard InChI is InChI=1S/C23H17ClN2O5S2/c1-2-31-22(30)14-5-9-16(10-6-14)25-19(27)12-17(20(25)28)26-21(29)18(33-23(26)32)11-13-3-7-15(24)8-4-13/h3-11,17H,2,12H2,1H3/b18-11-. The van der Waals surface area contributed by atoms with Crippen LogP contribution >= 0.6 is 35.6 Å². The molecule has 2 fully saturated rings. The number of nitrogens with zero attached hydrogens (tertiary/aromatic N) is 2. The van der Waals surface area contributed by atoms with Crippen molar-refractivity contribution in [2.45, 2.75) is 19.4 Å². The second kappa shape index (κ2) is 9.46. The Morgan fingerprint density at radius 1 is 1.15 bits per heavy atom. The molecule has 3 amide bonds. The third-order valence-corrected chi connectivity index (χ3v) is 6.64. The number of rotatable bonds is 5. The second-order valence-corrected chi connectivity index (χ2v) is 9.27. The number of amides is 3. The summed E-state index contributed by atoms with van der Waals surface area (Å²) >= 11 is 12.3. The van der Waals surface area contributed by atoms with Crippen LogP contribution in [0.15, 0.2) is 53.4 Å². The highest BCUT2D eigenvalue weighted by Gasteiger charge is 2.48. The maximum absolute atomic E-state index is 13.1. The number of thioether (sulfide) groups is 1. The van der Waals surface area contributed by atoms with E-state index in [9.17, 15) is 19.2 Å². The van der Waals surface area contributed by atoms with E-state index in [4.69, 9.17) is 28.6 Å². The zero-order valence-electron chi connectivity index (χ0n) is 17.3. The minimum absolute atomic E-state index is 0.181. The lowest BCUT2D eigenvalue weighted by Crippen LogP contribution is -2.44. The highest BCUT2D eigenvalue weighted by molar-refractivity contribution is 8.26. The molecule has 10 heteroatoms. The van der Waals surface area contributed by atoms with Crippen molar-refractivity contribution in [2.75, 3.05) is 11.5 Å². The van der Waals surface area contributed by atoms with Crippen molar-refractivity contribution in [3.8, 4) is 0 Å². The number of carbonyl (C=O) groups excluding carboxylic acids is 4. The molecule has 2 aliphatic rings. The highest BCUT2D eigenvalue weighted by atomic mass is 35.5. The molecule has 2 saturated heterocycles. The number of thiocarbonyl (C=S) groups is 1. The fourth-order valence-electron chi connectivity index (χ4n) is 3.51. The van der Waals surface area contributed by atoms with E-state index >= 15 is 0 Å². The van der Waals surface area contributed by atoms with E-state index in [2.05, 4.69) is 0 Å². The molecule has 0 saturated carbocycles. The van der Waals surface area contributed by atoms with Crippen molar-refractivity contribution in [1.82, 2.24) is 4.90 Å². The van der Waals surface area contributed by atoms with Crippen LogP contribution in [-0.4, -0.2) is 45.6 Å². The van der Waals surface area contributed by atoms with Gasteiger partial charge in [-0.1, -0.05) is 47.7 Å². The smallest absolute Gasteiger partial charge is 0.338 e. The maximum atomic E-state index is 13.1. The van der Waals surface area contributed by atoms with Crippen molar-refractivity contribution in [3.05, 3.63) is 69.6 Å². The van der Waals surface area contributed by atoms with Crippen molar-refractivity contribution in [3.63, 3.8) is 0 Å². The van der Waals surface area contributed by atoms with E-state index in [1.165, 1.54) is 29.2 Å². The van der Waals surface area contributed by atoms with Gasteiger partial charge in [-0.2, -0.15) is 0 Å². The van der Waals surface area contributed by atoms with Crippen molar-refractivity contribution in [2.24, 2.45) is 0 Å². The average molecular weight is 501 g/mol. The summed E-state index contributed by atoms with van der Waals surface area (Å²) in [5, 5.41) is 0.574. The first-order chi connectivity index (χ1) is 15.8. The third kappa shape index (κ3) is 4.57. The molecular formula is C23H17ClN2O5S2. The molecule has 4 rings (SSSR count). The van der Waals surface area contributed by atoms with Crippen LogP contribution in [0, 0.1) is 0 Å². The summed E-state index contributed by atoms with van der Waals surface area (Å²) in [7, 11) is 0. The van der Waals surface area contributed by atoms with E-state index < -0.39 is 29.7 Å². The minimum atomic E-state index is -1.02. The Balaban J connectivity index is 1.54. The van der Waals surface area contributed by atoms with Crippen LogP contribution in [0.25, 0.3) is 6.08 Å². The number of anilines is 1. The van der Waals surface area contributed by atoms with E-state index in [-0.39, 0.29) is 17.3 Å². The molecule has 1 atom stereocenters. The van der Waals surface area contributed by atoms with E-state index in [0.29, 0.717) is 21.2 Å². The Morgan fingerprint density at radius 3 is 2.45 bits per heavy atom. The van der Waals surface area contributed by atoms with Crippen LogP contribution in [-0.2, 0) is 19.1 Å². The second-order valence-electron chi connectivity index (χ2n) is 7.16. The van der Waals surface area contributed by atoms with Crippen molar-refractivity contribution in [1.29, 1.82) is 0 Å². The normalized spacial score (nSPS) is 19.7. The zero-order chi connectivity index (χ0) is 23.7. The SMILES string of the molecule is CCOC(=O)c1ccc(N2C(=O)CC(N3C(=O)/C(=C/c4ccc(Cl)cc4)SC3=S)C2=O)cc1. The predicted molar refractivity (Wildman–Crippen MR) is 130 cm³/mol. The maximum Gasteiger partial charge on any atom is 0.338 e. The molecule has 0 aliphatic carbocycles. The molecule has 2 heterocycles. The molecule has 7 nitrogen and oxygen atoms in total. The van der Waals surface area contributed by atoms with Gasteiger partial charge in [0.1, 0.15) is 10.4 Å². The number of benzene rings is 2. The van der Waals surface area contributed by atoms with Crippen molar-refractivity contribution < 1.29 is 23.9 Å². The number of hydrogen-bond donors (Lipinski definition) is 0. The van der Waals surface area contributed by atoms with Gasteiger partial charge in [0.15, 0.2) is 0 Å². The van der Waals surface area contributed by atoms with Gasteiger partial charge in [0.25, 0.3) is 11.8 Å². The number of hydrogen-bond acceptors (Lipinski definition) is 7. The monoisotopic (exact) mass is 500 g/mol. The van der Waals surface area contributed by atoms with Gasteiger partial charge in [-0.15, -0.1) is 0 Å². The molecule has 0 aromatic heterocycles. The molecule has 0 bridgehead atoms. The number of imide groups is 1. The summed E-state index contributed by atoms with van der Waals surface area (Å²) < 4.78 is 5.16. The van der Waals surface area contributed by atoms with E-state index in [1.807, 2.05) is 0 Å². The Hall–Kier alpha value is -3.01. The Morgan fingerprint density at radius 2 is 1.82 bits per heavy atom. The summed E-state index contributed by atoms with van der Waals surface area (Å²) in [6.07, 6.45) is 1.49. The molecule has 2 aromatic carbocycles. The number of ether oxygens (including phenoxy) is 1. The summed E-state index contributed by atoms with van der Waals surface area (Å²) in [4.78, 5) is 53.3. The van der Waals surface area contributed by atoms with Gasteiger partial charge < -0.3 is 4.74 Å². The Labute approximate surface area is 204 Å². The topological polar surface area (TPSA) is 84.0 Å². The average Bonchev–Trinajstić information content (AvgIpc) is 3.23. The van der Waals surface area contributed by atoms with Crippen LogP contribution in [0.5, 0.6) is 0 Å². The van der Waals surface area contributed by atoms with Gasteiger partial charge in [-0.25, -0.2) is 9.69 Å². The Kier molecular flexibility index (Phi) is 6.64. The van der Waals surface area contributed by atoms with Crippen LogP contribution in [0.4, 0.5) is 5.69 Å². The first-order valence-electron chi connectivity index (χ1n) is 9.96. The molecule has 33 heavy (non-hydrogen) atoms. The quantitative estimate of drug-likeness (QED) is 0.265. The molecule has 2 aromatic rings. The molecule has 0 radical (unpaired) electrons. The molecule has 168 valence electrons. The van der Waals surface area contributed by atoms with Gasteiger partial charge in [0.2, 0.25) is 5.91 Å². The van der Waals surface area contributed by atoms with Gasteiger partial charge in [0.05, 0.1) is 29.2 Å². The van der Waals surface area contributed by atoms with Crippen LogP contribution in [0.2, 0.25) is 5.02 Å². The number of carbonyl (C=O) groups is 4. The summed E-state index contributed by atoms with van der Waals surface area (Å²) in [5.74, 6) is -1.92. The Bertz CT molecular complexity index is 1190. The lowest BCUT2D eigenvalue weighted by Gasteiger charge is -2.21. The first-order valence-corrected chi connectivity index (χ1v) is 11.6. The first kappa shape index (κ1) is 23.2. The zero-order valence-corrected chi connectivity index (χ0v) is 19.7. The highest BCUT2D eigenvalue weighted by Crippen LogP contribution is 2.37. The largest absolute Gasteiger partial charge is 0.462 e. The minimum Gasteiger partial charge on any atom is -0.462 e. The van der Waals surface area contributed by atoms with Gasteiger partial charge >= 0.3 is 5.97 Å². The summed E-state index contributed by atoms with van der Waals surface area (Å²) in [6, 6.07) is 11.9. The molecule has 2 aliphatic heterocycles. The fraction of sp³-hybridized carbons (Fsp3) is 0.174. The lowest BCUT2D eigenvalue weighted by molar-refractivity contribution is -0.129. The van der Waals surface area contributed by atoms with Crippen LogP contribution in [0.1, 0.15) is 29.3 Å². The van der Waals surface area contributed by atoms with Crippen LogP contribution in [0.3, 0.4) is 0 Å². The number of halogens is 1. The van der Waals surface area contributed by atoms with Crippen LogP contribution < -0.4 is 4.90 Å². The fourth-order valence-corrected chi connectivity index (χ4v) is 4.99. The van der Waals surface area contributed by atoms with E-state index in [1.54, 1.807) is 37.3 Å². The molecule has 1 unspecified atom stereocenters. The molecule has 0 spiro atoms. The van der Waals surface area contributed by atoms with Gasteiger partial charge in [-0.05, 0) is 55.0 Å². The van der Waals surface area contributed by atoms with Gasteiger partial charge in [-0.3, -0.25) is 19.3 Å². The van der Waals surface area contributed by atoms with Gasteiger partial charge in [0, 0.05) is 5.02 Å².